The Morgan fingerprint density at radius 3 is 2.74 bits per heavy atom. The van der Waals surface area contributed by atoms with Crippen LogP contribution in [0.15, 0.2) is 35.6 Å². The second kappa shape index (κ2) is 11.1. The van der Waals surface area contributed by atoms with Gasteiger partial charge in [0, 0.05) is 39.6 Å². The number of halogens is 2. The van der Waals surface area contributed by atoms with E-state index in [0.717, 1.165) is 23.9 Å². The molecule has 150 valence electrons. The zero-order valence-electron chi connectivity index (χ0n) is 16.6. The molecule has 0 saturated heterocycles. The Morgan fingerprint density at radius 1 is 1.41 bits per heavy atom. The van der Waals surface area contributed by atoms with Crippen LogP contribution in [0.4, 0.5) is 4.39 Å². The molecule has 27 heavy (non-hydrogen) atoms. The lowest BCUT2D eigenvalue weighted by Gasteiger charge is -2.22. The number of hydrogen-bond acceptors (Lipinski definition) is 3. The second-order valence-electron chi connectivity index (χ2n) is 6.62. The molecular weight excluding hydrogens is 460 g/mol. The zero-order valence-corrected chi connectivity index (χ0v) is 18.9. The molecular formula is C19H29FIN5O. The predicted octanol–water partition coefficient (Wildman–Crippen LogP) is 3.51. The van der Waals surface area contributed by atoms with Gasteiger partial charge in [0.2, 0.25) is 0 Å². The largest absolute Gasteiger partial charge is 0.494 e. The van der Waals surface area contributed by atoms with Crippen molar-refractivity contribution in [2.75, 3.05) is 21.2 Å². The van der Waals surface area contributed by atoms with E-state index >= 15 is 0 Å². The Kier molecular flexibility index (Phi) is 9.54. The zero-order chi connectivity index (χ0) is 19.1. The van der Waals surface area contributed by atoms with E-state index in [0.29, 0.717) is 19.0 Å². The molecule has 0 amide bonds. The lowest BCUT2D eigenvalue weighted by Crippen LogP contribution is -2.38. The van der Waals surface area contributed by atoms with E-state index in [1.807, 2.05) is 30.4 Å². The van der Waals surface area contributed by atoms with Crippen molar-refractivity contribution < 1.29 is 9.13 Å². The number of aliphatic imine (C=N–C) groups is 1. The molecule has 0 fully saturated rings. The Morgan fingerprint density at radius 2 is 2.15 bits per heavy atom. The maximum Gasteiger partial charge on any atom is 0.194 e. The van der Waals surface area contributed by atoms with Gasteiger partial charge >= 0.3 is 0 Å². The summed E-state index contributed by atoms with van der Waals surface area (Å²) in [6, 6.07) is 4.97. The fourth-order valence-electron chi connectivity index (χ4n) is 2.77. The fourth-order valence-corrected chi connectivity index (χ4v) is 2.77. The number of ether oxygens (including phenoxy) is 1. The van der Waals surface area contributed by atoms with E-state index < -0.39 is 0 Å². The first-order valence-electron chi connectivity index (χ1n) is 8.68. The molecule has 2 rings (SSSR count). The maximum atomic E-state index is 13.9. The number of rotatable bonds is 7. The Labute approximate surface area is 177 Å². The van der Waals surface area contributed by atoms with Crippen molar-refractivity contribution in [1.29, 1.82) is 0 Å². The van der Waals surface area contributed by atoms with Gasteiger partial charge < -0.3 is 19.5 Å². The minimum Gasteiger partial charge on any atom is -0.494 e. The van der Waals surface area contributed by atoms with Gasteiger partial charge in [-0.05, 0) is 23.6 Å². The molecule has 0 saturated carbocycles. The third-order valence-electron chi connectivity index (χ3n) is 3.98. The van der Waals surface area contributed by atoms with Gasteiger partial charge in [-0.3, -0.25) is 4.99 Å². The number of nitrogens with one attached hydrogen (secondary N) is 1. The van der Waals surface area contributed by atoms with Crippen LogP contribution in [0.3, 0.4) is 0 Å². The van der Waals surface area contributed by atoms with E-state index in [2.05, 4.69) is 33.7 Å². The lowest BCUT2D eigenvalue weighted by atomic mass is 10.2. The van der Waals surface area contributed by atoms with Gasteiger partial charge in [0.15, 0.2) is 17.5 Å². The highest BCUT2D eigenvalue weighted by molar-refractivity contribution is 14.0. The van der Waals surface area contributed by atoms with Gasteiger partial charge in [0.25, 0.3) is 0 Å². The lowest BCUT2D eigenvalue weighted by molar-refractivity contribution is 0.385. The van der Waals surface area contributed by atoms with Crippen LogP contribution in [0.5, 0.6) is 5.75 Å². The summed E-state index contributed by atoms with van der Waals surface area (Å²) >= 11 is 0. The van der Waals surface area contributed by atoms with Gasteiger partial charge in [-0.25, -0.2) is 9.37 Å². The Balaban J connectivity index is 0.00000364. The van der Waals surface area contributed by atoms with Crippen LogP contribution in [-0.4, -0.2) is 41.6 Å². The van der Waals surface area contributed by atoms with Crippen LogP contribution in [0.25, 0.3) is 0 Å². The highest BCUT2D eigenvalue weighted by atomic mass is 127. The van der Waals surface area contributed by atoms with Crippen LogP contribution >= 0.6 is 24.0 Å². The molecule has 6 nitrogen and oxygen atoms in total. The van der Waals surface area contributed by atoms with E-state index in [9.17, 15) is 4.39 Å². The molecule has 1 N–H and O–H groups in total. The van der Waals surface area contributed by atoms with Crippen LogP contribution in [0.1, 0.15) is 25.2 Å². The number of guanidine groups is 1. The summed E-state index contributed by atoms with van der Waals surface area (Å²) in [5.41, 5.74) is 0.843. The predicted molar refractivity (Wildman–Crippen MR) is 117 cm³/mol. The second-order valence-corrected chi connectivity index (χ2v) is 6.62. The van der Waals surface area contributed by atoms with Gasteiger partial charge in [-0.1, -0.05) is 19.9 Å². The Bertz CT molecular complexity index is 747. The molecule has 0 bridgehead atoms. The van der Waals surface area contributed by atoms with Crippen molar-refractivity contribution >= 4 is 29.9 Å². The summed E-state index contributed by atoms with van der Waals surface area (Å²) in [5.74, 6) is 2.12. The van der Waals surface area contributed by atoms with Gasteiger partial charge in [0.05, 0.1) is 13.7 Å². The van der Waals surface area contributed by atoms with Crippen LogP contribution < -0.4 is 10.1 Å². The summed E-state index contributed by atoms with van der Waals surface area (Å²) in [5, 5.41) is 3.32. The van der Waals surface area contributed by atoms with Crippen molar-refractivity contribution in [3.8, 4) is 5.75 Å². The molecule has 0 aliphatic carbocycles. The highest BCUT2D eigenvalue weighted by Crippen LogP contribution is 2.18. The first-order chi connectivity index (χ1) is 12.4. The van der Waals surface area contributed by atoms with Gasteiger partial charge in [0.1, 0.15) is 5.82 Å². The quantitative estimate of drug-likeness (QED) is 0.368. The monoisotopic (exact) mass is 489 g/mol. The minimum absolute atomic E-state index is 0. The summed E-state index contributed by atoms with van der Waals surface area (Å²) in [6.07, 6.45) is 3.80. The van der Waals surface area contributed by atoms with Crippen molar-refractivity contribution in [2.24, 2.45) is 10.9 Å². The smallest absolute Gasteiger partial charge is 0.194 e. The first kappa shape index (κ1) is 23.2. The van der Waals surface area contributed by atoms with E-state index in [-0.39, 0.29) is 35.5 Å². The van der Waals surface area contributed by atoms with Gasteiger partial charge in [-0.2, -0.15) is 0 Å². The summed E-state index contributed by atoms with van der Waals surface area (Å²) in [6.45, 7) is 6.39. The molecule has 1 aromatic carbocycles. The van der Waals surface area contributed by atoms with Crippen LogP contribution in [0, 0.1) is 11.7 Å². The number of methoxy groups -OCH3 is 1. The van der Waals surface area contributed by atoms with E-state index in [1.165, 1.54) is 13.2 Å². The SMILES string of the molecule is CN=C(NCc1nccn1CC(C)C)N(C)Cc1ccc(OC)c(F)c1.I. The van der Waals surface area contributed by atoms with Gasteiger partial charge in [-0.15, -0.1) is 24.0 Å². The molecule has 0 atom stereocenters. The molecule has 0 aliphatic rings. The highest BCUT2D eigenvalue weighted by Gasteiger charge is 2.11. The molecule has 0 unspecified atom stereocenters. The fraction of sp³-hybridized carbons (Fsp3) is 0.474. The van der Waals surface area contributed by atoms with Crippen molar-refractivity contribution in [1.82, 2.24) is 19.8 Å². The number of nitrogens with zero attached hydrogens (tertiary/aromatic N) is 4. The normalized spacial score (nSPS) is 11.3. The topological polar surface area (TPSA) is 54.7 Å². The number of aromatic nitrogens is 2. The third kappa shape index (κ3) is 6.67. The van der Waals surface area contributed by atoms with E-state index in [4.69, 9.17) is 4.74 Å². The average Bonchev–Trinajstić information content (AvgIpc) is 3.02. The summed E-state index contributed by atoms with van der Waals surface area (Å²) < 4.78 is 21.0. The average molecular weight is 489 g/mol. The Hall–Kier alpha value is -1.84. The molecule has 0 radical (unpaired) electrons. The molecule has 0 spiro atoms. The standard InChI is InChI=1S/C19H28FN5O.HI/c1-14(2)12-25-9-8-22-18(25)11-23-19(21-3)24(4)13-15-6-7-17(26-5)16(20)10-15;/h6-10,14H,11-13H2,1-5H3,(H,21,23);1H. The van der Waals surface area contributed by atoms with Crippen molar-refractivity contribution in [3.63, 3.8) is 0 Å². The number of imidazole rings is 1. The summed E-state index contributed by atoms with van der Waals surface area (Å²) in [7, 11) is 5.10. The summed E-state index contributed by atoms with van der Waals surface area (Å²) in [4.78, 5) is 10.7. The maximum absolute atomic E-state index is 13.9. The minimum atomic E-state index is -0.364. The third-order valence-corrected chi connectivity index (χ3v) is 3.98. The molecule has 2 aromatic rings. The van der Waals surface area contributed by atoms with Crippen molar-refractivity contribution in [2.45, 2.75) is 33.5 Å². The molecule has 1 aromatic heterocycles. The molecule has 8 heteroatoms. The van der Waals surface area contributed by atoms with Crippen LogP contribution in [0.2, 0.25) is 0 Å². The molecule has 1 heterocycles. The number of benzene rings is 1. The van der Waals surface area contributed by atoms with Crippen LogP contribution in [-0.2, 0) is 19.6 Å². The molecule has 0 aliphatic heterocycles. The van der Waals surface area contributed by atoms with Crippen molar-refractivity contribution in [3.05, 3.63) is 47.8 Å². The van der Waals surface area contributed by atoms with E-state index in [1.54, 1.807) is 13.1 Å². The first-order valence-corrected chi connectivity index (χ1v) is 8.68. The number of hydrogen-bond donors (Lipinski definition) is 1.